The van der Waals surface area contributed by atoms with E-state index < -0.39 is 0 Å². The first-order valence-electron chi connectivity index (χ1n) is 9.31. The Hall–Kier alpha value is -3.53. The van der Waals surface area contributed by atoms with E-state index >= 15 is 0 Å². The van der Waals surface area contributed by atoms with E-state index in [1.165, 1.54) is 31.4 Å². The van der Waals surface area contributed by atoms with E-state index in [0.717, 1.165) is 11.1 Å². The molecule has 0 aliphatic heterocycles. The van der Waals surface area contributed by atoms with Crippen molar-refractivity contribution in [2.75, 3.05) is 7.11 Å². The number of halogens is 1. The minimum atomic E-state index is -0.373. The van der Waals surface area contributed by atoms with Crippen molar-refractivity contribution in [3.05, 3.63) is 113 Å². The third-order valence-corrected chi connectivity index (χ3v) is 4.59. The zero-order valence-electron chi connectivity index (χ0n) is 16.1. The maximum absolute atomic E-state index is 13.2. The number of esters is 1. The van der Waals surface area contributed by atoms with Crippen molar-refractivity contribution in [1.29, 1.82) is 0 Å². The fourth-order valence-electron chi connectivity index (χ4n) is 3.02. The van der Waals surface area contributed by atoms with E-state index in [1.807, 2.05) is 48.5 Å². The van der Waals surface area contributed by atoms with Crippen LogP contribution in [0.2, 0.25) is 0 Å². The summed E-state index contributed by atoms with van der Waals surface area (Å²) in [4.78, 5) is 24.5. The average Bonchev–Trinajstić information content (AvgIpc) is 2.77. The van der Waals surface area contributed by atoms with Crippen molar-refractivity contribution in [2.45, 2.75) is 12.8 Å². The number of hydrogen-bond donors (Lipinski definition) is 0. The van der Waals surface area contributed by atoms with Gasteiger partial charge < -0.3 is 4.74 Å². The number of hydrogen-bond acceptors (Lipinski definition) is 3. The molecule has 3 aromatic carbocycles. The molecule has 0 spiro atoms. The van der Waals surface area contributed by atoms with E-state index in [-0.39, 0.29) is 17.6 Å². The molecule has 0 atom stereocenters. The lowest BCUT2D eigenvalue weighted by atomic mass is 9.95. The summed E-state index contributed by atoms with van der Waals surface area (Å²) < 4.78 is 17.9. The smallest absolute Gasteiger partial charge is 0.337 e. The Morgan fingerprint density at radius 2 is 1.45 bits per heavy atom. The first-order chi connectivity index (χ1) is 14.1. The SMILES string of the molecule is COC(=O)c1ccc(CCC=C(C(=O)c2ccc(F)cc2)c2ccccc2)cc1. The third-order valence-electron chi connectivity index (χ3n) is 4.59. The summed E-state index contributed by atoms with van der Waals surface area (Å²) in [5.41, 5.74) is 3.41. The van der Waals surface area contributed by atoms with Gasteiger partial charge in [0.25, 0.3) is 0 Å². The van der Waals surface area contributed by atoms with Gasteiger partial charge in [-0.2, -0.15) is 0 Å². The molecular weight excluding hydrogens is 367 g/mol. The number of allylic oxidation sites excluding steroid dienone is 2. The molecule has 3 rings (SSSR count). The molecule has 0 saturated heterocycles. The normalized spacial score (nSPS) is 11.2. The minimum Gasteiger partial charge on any atom is -0.465 e. The van der Waals surface area contributed by atoms with Crippen LogP contribution in [0.4, 0.5) is 4.39 Å². The highest BCUT2D eigenvalue weighted by Gasteiger charge is 2.14. The second-order valence-corrected chi connectivity index (χ2v) is 6.55. The van der Waals surface area contributed by atoms with Gasteiger partial charge in [-0.3, -0.25) is 4.79 Å². The number of ketones is 1. The highest BCUT2D eigenvalue weighted by Crippen LogP contribution is 2.21. The molecule has 0 saturated carbocycles. The van der Waals surface area contributed by atoms with Gasteiger partial charge in [-0.15, -0.1) is 0 Å². The molecule has 0 aliphatic carbocycles. The Bertz CT molecular complexity index is 1000. The number of rotatable bonds is 7. The largest absolute Gasteiger partial charge is 0.465 e. The molecule has 146 valence electrons. The summed E-state index contributed by atoms with van der Waals surface area (Å²) in [5.74, 6) is -0.882. The highest BCUT2D eigenvalue weighted by atomic mass is 19.1. The van der Waals surface area contributed by atoms with Gasteiger partial charge in [0.1, 0.15) is 5.82 Å². The predicted octanol–water partition coefficient (Wildman–Crippen LogP) is 5.51. The van der Waals surface area contributed by atoms with E-state index in [2.05, 4.69) is 0 Å². The number of methoxy groups -OCH3 is 1. The second-order valence-electron chi connectivity index (χ2n) is 6.55. The van der Waals surface area contributed by atoms with Gasteiger partial charge in [0.2, 0.25) is 0 Å². The van der Waals surface area contributed by atoms with E-state index in [4.69, 9.17) is 4.74 Å². The van der Waals surface area contributed by atoms with Crippen molar-refractivity contribution < 1.29 is 18.7 Å². The highest BCUT2D eigenvalue weighted by molar-refractivity contribution is 6.28. The van der Waals surface area contributed by atoms with Crippen LogP contribution in [-0.4, -0.2) is 18.9 Å². The summed E-state index contributed by atoms with van der Waals surface area (Å²) in [6, 6.07) is 22.2. The molecule has 0 N–H and O–H groups in total. The average molecular weight is 388 g/mol. The van der Waals surface area contributed by atoms with Gasteiger partial charge in [-0.25, -0.2) is 9.18 Å². The maximum Gasteiger partial charge on any atom is 0.337 e. The van der Waals surface area contributed by atoms with E-state index in [9.17, 15) is 14.0 Å². The third kappa shape index (κ3) is 5.26. The molecule has 4 heteroatoms. The number of carbonyl (C=O) groups is 2. The zero-order valence-corrected chi connectivity index (χ0v) is 16.1. The van der Waals surface area contributed by atoms with Gasteiger partial charge in [0.15, 0.2) is 5.78 Å². The van der Waals surface area contributed by atoms with Gasteiger partial charge in [-0.05, 0) is 60.4 Å². The molecule has 0 fully saturated rings. The first kappa shape index (κ1) is 20.2. The Balaban J connectivity index is 1.79. The van der Waals surface area contributed by atoms with Gasteiger partial charge in [-0.1, -0.05) is 48.5 Å². The van der Waals surface area contributed by atoms with Crippen molar-refractivity contribution >= 4 is 17.3 Å². The molecule has 3 nitrogen and oxygen atoms in total. The molecule has 0 bridgehead atoms. The lowest BCUT2D eigenvalue weighted by Gasteiger charge is -2.08. The topological polar surface area (TPSA) is 43.4 Å². The molecule has 0 unspecified atom stereocenters. The number of benzene rings is 3. The van der Waals surface area contributed by atoms with Crippen LogP contribution in [0.1, 0.15) is 38.3 Å². The number of Topliss-reactive ketones (excluding diaryl/α,β-unsaturated/α-hetero) is 1. The summed E-state index contributed by atoms with van der Waals surface area (Å²) in [5, 5.41) is 0. The monoisotopic (exact) mass is 388 g/mol. The van der Waals surface area contributed by atoms with E-state index in [1.54, 1.807) is 12.1 Å². The van der Waals surface area contributed by atoms with Crippen LogP contribution in [0, 0.1) is 5.82 Å². The van der Waals surface area contributed by atoms with Crippen LogP contribution in [0.5, 0.6) is 0 Å². The molecule has 0 radical (unpaired) electrons. The molecule has 0 heterocycles. The predicted molar refractivity (Wildman–Crippen MR) is 111 cm³/mol. The molecule has 29 heavy (non-hydrogen) atoms. The Morgan fingerprint density at radius 3 is 2.07 bits per heavy atom. The Kier molecular flexibility index (Phi) is 6.69. The lowest BCUT2D eigenvalue weighted by Crippen LogP contribution is -2.03. The maximum atomic E-state index is 13.2. The fraction of sp³-hybridized carbons (Fsp3) is 0.120. The molecule has 0 amide bonds. The summed E-state index contributed by atoms with van der Waals surface area (Å²) in [6.45, 7) is 0. The number of carbonyl (C=O) groups excluding carboxylic acids is 2. The second kappa shape index (κ2) is 9.60. The van der Waals surface area contributed by atoms with Crippen molar-refractivity contribution in [3.63, 3.8) is 0 Å². The van der Waals surface area contributed by atoms with Crippen LogP contribution < -0.4 is 0 Å². The van der Waals surface area contributed by atoms with Crippen molar-refractivity contribution in [3.8, 4) is 0 Å². The van der Waals surface area contributed by atoms with E-state index in [0.29, 0.717) is 29.5 Å². The molecular formula is C25H21FO3. The Morgan fingerprint density at radius 1 is 0.828 bits per heavy atom. The quantitative estimate of drug-likeness (QED) is 0.304. The summed E-state index contributed by atoms with van der Waals surface area (Å²) in [6.07, 6.45) is 3.28. The Labute approximate surface area is 169 Å². The minimum absolute atomic E-state index is 0.141. The first-order valence-corrected chi connectivity index (χ1v) is 9.31. The molecule has 0 aliphatic rings. The van der Waals surface area contributed by atoms with Crippen LogP contribution >= 0.6 is 0 Å². The standard InChI is InChI=1S/C25H21FO3/c1-29-25(28)21-12-10-18(11-13-21)6-5-9-23(19-7-3-2-4-8-19)24(27)20-14-16-22(26)17-15-20/h2-4,7-17H,5-6H2,1H3. The molecule has 0 aromatic heterocycles. The number of aryl methyl sites for hydroxylation is 1. The van der Waals surface area contributed by atoms with Crippen LogP contribution in [0.15, 0.2) is 84.9 Å². The fourth-order valence-corrected chi connectivity index (χ4v) is 3.02. The van der Waals surface area contributed by atoms with Crippen molar-refractivity contribution in [1.82, 2.24) is 0 Å². The zero-order chi connectivity index (χ0) is 20.6. The van der Waals surface area contributed by atoms with Crippen LogP contribution in [0.3, 0.4) is 0 Å². The summed E-state index contributed by atoms with van der Waals surface area (Å²) >= 11 is 0. The van der Waals surface area contributed by atoms with Gasteiger partial charge >= 0.3 is 5.97 Å². The number of ether oxygens (including phenoxy) is 1. The van der Waals surface area contributed by atoms with Crippen molar-refractivity contribution in [2.24, 2.45) is 0 Å². The van der Waals surface area contributed by atoms with Gasteiger partial charge in [0.05, 0.1) is 12.7 Å². The molecule has 3 aromatic rings. The lowest BCUT2D eigenvalue weighted by molar-refractivity contribution is 0.0600. The summed E-state index contributed by atoms with van der Waals surface area (Å²) in [7, 11) is 1.35. The van der Waals surface area contributed by atoms with Crippen LogP contribution in [-0.2, 0) is 11.2 Å². The van der Waals surface area contributed by atoms with Crippen LogP contribution in [0.25, 0.3) is 5.57 Å². The van der Waals surface area contributed by atoms with Gasteiger partial charge in [0, 0.05) is 11.1 Å².